The number of hydrogen-bond acceptors (Lipinski definition) is 2. The average molecular weight is 270 g/mol. The number of benzene rings is 1. The number of rotatable bonds is 1. The van der Waals surface area contributed by atoms with Gasteiger partial charge in [0.25, 0.3) is 0 Å². The van der Waals surface area contributed by atoms with Gasteiger partial charge in [0.05, 0.1) is 0 Å². The number of hydrogen-bond donors (Lipinski definition) is 1. The molecule has 0 radical (unpaired) electrons. The van der Waals surface area contributed by atoms with Crippen LogP contribution in [0.5, 0.6) is 0 Å². The Balaban J connectivity index is 1.53. The van der Waals surface area contributed by atoms with Crippen molar-refractivity contribution in [2.45, 2.75) is 51.0 Å². The zero-order chi connectivity index (χ0) is 13.5. The molecule has 108 valence electrons. The van der Waals surface area contributed by atoms with E-state index >= 15 is 0 Å². The Labute approximate surface area is 122 Å². The Morgan fingerprint density at radius 1 is 1.00 bits per heavy atom. The van der Waals surface area contributed by atoms with Crippen LogP contribution < -0.4 is 10.6 Å². The SMILES string of the molecule is NC1CCc2cc(N3CC[C@H]4CCCC[C@H]4C3)ccc21. The molecule has 1 saturated heterocycles. The summed E-state index contributed by atoms with van der Waals surface area (Å²) in [5, 5.41) is 0. The van der Waals surface area contributed by atoms with Crippen molar-refractivity contribution in [1.29, 1.82) is 0 Å². The highest BCUT2D eigenvalue weighted by molar-refractivity contribution is 5.53. The van der Waals surface area contributed by atoms with E-state index < -0.39 is 0 Å². The van der Waals surface area contributed by atoms with Crippen LogP contribution in [0.4, 0.5) is 5.69 Å². The summed E-state index contributed by atoms with van der Waals surface area (Å²) in [5.74, 6) is 1.97. The van der Waals surface area contributed by atoms with E-state index in [-0.39, 0.29) is 6.04 Å². The van der Waals surface area contributed by atoms with Gasteiger partial charge in [-0.25, -0.2) is 0 Å². The summed E-state index contributed by atoms with van der Waals surface area (Å²) in [7, 11) is 0. The van der Waals surface area contributed by atoms with Crippen LogP contribution >= 0.6 is 0 Å². The van der Waals surface area contributed by atoms with Crippen LogP contribution in [0.2, 0.25) is 0 Å². The van der Waals surface area contributed by atoms with Gasteiger partial charge >= 0.3 is 0 Å². The molecular weight excluding hydrogens is 244 g/mol. The fourth-order valence-electron chi connectivity index (χ4n) is 4.67. The first-order valence-electron chi connectivity index (χ1n) is 8.44. The number of aryl methyl sites for hydroxylation is 1. The van der Waals surface area contributed by atoms with Gasteiger partial charge in [-0.2, -0.15) is 0 Å². The normalized spacial score (nSPS) is 32.9. The van der Waals surface area contributed by atoms with E-state index in [0.29, 0.717) is 0 Å². The summed E-state index contributed by atoms with van der Waals surface area (Å²) in [5.41, 5.74) is 10.5. The summed E-state index contributed by atoms with van der Waals surface area (Å²) >= 11 is 0. The molecule has 4 rings (SSSR count). The van der Waals surface area contributed by atoms with Gasteiger partial charge in [-0.05, 0) is 60.8 Å². The fraction of sp³-hybridized carbons (Fsp3) is 0.667. The van der Waals surface area contributed by atoms with E-state index in [4.69, 9.17) is 5.73 Å². The minimum atomic E-state index is 0.281. The van der Waals surface area contributed by atoms with Crippen LogP contribution in [-0.2, 0) is 6.42 Å². The zero-order valence-electron chi connectivity index (χ0n) is 12.4. The second-order valence-electron chi connectivity index (χ2n) is 7.07. The molecule has 1 aliphatic heterocycles. The van der Waals surface area contributed by atoms with Gasteiger partial charge in [0.2, 0.25) is 0 Å². The van der Waals surface area contributed by atoms with Crippen molar-refractivity contribution in [3.05, 3.63) is 29.3 Å². The standard InChI is InChI=1S/C18H26N2/c19-18-8-5-14-11-16(6-7-17(14)18)20-10-9-13-3-1-2-4-15(13)12-20/h6-7,11,13,15,18H,1-5,8-10,12,19H2/t13-,15+,18?/m1/s1. The van der Waals surface area contributed by atoms with Gasteiger partial charge in [0.15, 0.2) is 0 Å². The molecule has 0 amide bonds. The van der Waals surface area contributed by atoms with Gasteiger partial charge in [0, 0.05) is 24.8 Å². The summed E-state index contributed by atoms with van der Waals surface area (Å²) in [6, 6.07) is 7.30. The monoisotopic (exact) mass is 270 g/mol. The molecule has 2 N–H and O–H groups in total. The first kappa shape index (κ1) is 12.7. The Hall–Kier alpha value is -1.02. The molecule has 3 atom stereocenters. The Morgan fingerprint density at radius 2 is 1.85 bits per heavy atom. The topological polar surface area (TPSA) is 29.3 Å². The maximum Gasteiger partial charge on any atom is 0.0369 e. The van der Waals surface area contributed by atoms with Gasteiger partial charge in [-0.3, -0.25) is 0 Å². The number of fused-ring (bicyclic) bond motifs is 2. The molecule has 0 spiro atoms. The molecule has 0 aromatic heterocycles. The molecule has 1 unspecified atom stereocenters. The van der Waals surface area contributed by atoms with Gasteiger partial charge < -0.3 is 10.6 Å². The van der Waals surface area contributed by atoms with E-state index in [0.717, 1.165) is 18.3 Å². The van der Waals surface area contributed by atoms with Gasteiger partial charge in [0.1, 0.15) is 0 Å². The van der Waals surface area contributed by atoms with E-state index in [1.807, 2.05) is 0 Å². The maximum atomic E-state index is 6.15. The number of anilines is 1. The lowest BCUT2D eigenvalue weighted by Gasteiger charge is -2.42. The van der Waals surface area contributed by atoms with E-state index in [9.17, 15) is 0 Å². The smallest absolute Gasteiger partial charge is 0.0369 e. The average Bonchev–Trinajstić information content (AvgIpc) is 2.88. The Morgan fingerprint density at radius 3 is 2.75 bits per heavy atom. The first-order valence-corrected chi connectivity index (χ1v) is 8.44. The maximum absolute atomic E-state index is 6.15. The Kier molecular flexibility index (Phi) is 3.22. The van der Waals surface area contributed by atoms with Crippen LogP contribution in [0.25, 0.3) is 0 Å². The highest BCUT2D eigenvalue weighted by Gasteiger charge is 2.31. The van der Waals surface area contributed by atoms with E-state index in [1.54, 1.807) is 0 Å². The van der Waals surface area contributed by atoms with Crippen LogP contribution in [-0.4, -0.2) is 13.1 Å². The van der Waals surface area contributed by atoms with Crippen molar-refractivity contribution < 1.29 is 0 Å². The van der Waals surface area contributed by atoms with Crippen molar-refractivity contribution in [3.8, 4) is 0 Å². The van der Waals surface area contributed by atoms with Crippen molar-refractivity contribution in [2.75, 3.05) is 18.0 Å². The van der Waals surface area contributed by atoms with Crippen LogP contribution in [0.1, 0.15) is 55.7 Å². The fourth-order valence-corrected chi connectivity index (χ4v) is 4.67. The lowest BCUT2D eigenvalue weighted by atomic mass is 9.75. The molecule has 1 aromatic rings. The summed E-state index contributed by atoms with van der Waals surface area (Å²) in [4.78, 5) is 2.64. The van der Waals surface area contributed by atoms with Crippen molar-refractivity contribution >= 4 is 5.69 Å². The molecule has 1 saturated carbocycles. The lowest BCUT2D eigenvalue weighted by molar-refractivity contribution is 0.202. The lowest BCUT2D eigenvalue weighted by Crippen LogP contribution is -2.41. The van der Waals surface area contributed by atoms with Gasteiger partial charge in [-0.1, -0.05) is 25.3 Å². The highest BCUT2D eigenvalue weighted by atomic mass is 15.1. The second-order valence-corrected chi connectivity index (χ2v) is 7.07. The molecule has 2 aliphatic carbocycles. The third-order valence-electron chi connectivity index (χ3n) is 5.91. The molecule has 2 nitrogen and oxygen atoms in total. The predicted octanol–water partition coefficient (Wildman–Crippen LogP) is 3.65. The molecule has 2 fully saturated rings. The molecule has 1 heterocycles. The third-order valence-corrected chi connectivity index (χ3v) is 5.91. The number of nitrogens with zero attached hydrogens (tertiary/aromatic N) is 1. The molecule has 1 aromatic carbocycles. The third kappa shape index (κ3) is 2.14. The molecule has 20 heavy (non-hydrogen) atoms. The Bertz CT molecular complexity index is 496. The van der Waals surface area contributed by atoms with E-state index in [1.165, 1.54) is 68.4 Å². The number of piperidine rings is 1. The molecular formula is C18H26N2. The van der Waals surface area contributed by atoms with Crippen LogP contribution in [0, 0.1) is 11.8 Å². The van der Waals surface area contributed by atoms with Crippen molar-refractivity contribution in [1.82, 2.24) is 0 Å². The van der Waals surface area contributed by atoms with Crippen LogP contribution in [0.3, 0.4) is 0 Å². The molecule has 3 aliphatic rings. The largest absolute Gasteiger partial charge is 0.371 e. The van der Waals surface area contributed by atoms with Crippen molar-refractivity contribution in [2.24, 2.45) is 17.6 Å². The predicted molar refractivity (Wildman–Crippen MR) is 84.0 cm³/mol. The second kappa shape index (κ2) is 5.07. The first-order chi connectivity index (χ1) is 9.81. The zero-order valence-corrected chi connectivity index (χ0v) is 12.4. The highest BCUT2D eigenvalue weighted by Crippen LogP contribution is 2.39. The summed E-state index contributed by atoms with van der Waals surface area (Å²) < 4.78 is 0. The minimum absolute atomic E-state index is 0.281. The van der Waals surface area contributed by atoms with Gasteiger partial charge in [-0.15, -0.1) is 0 Å². The quantitative estimate of drug-likeness (QED) is 0.844. The molecule has 0 bridgehead atoms. The van der Waals surface area contributed by atoms with E-state index in [2.05, 4.69) is 23.1 Å². The molecule has 2 heteroatoms. The summed E-state index contributed by atoms with van der Waals surface area (Å²) in [6.45, 7) is 2.54. The number of nitrogens with two attached hydrogens (primary N) is 1. The summed E-state index contributed by atoms with van der Waals surface area (Å²) in [6.07, 6.45) is 9.56. The minimum Gasteiger partial charge on any atom is -0.371 e. The van der Waals surface area contributed by atoms with Crippen molar-refractivity contribution in [3.63, 3.8) is 0 Å². The van der Waals surface area contributed by atoms with Crippen LogP contribution in [0.15, 0.2) is 18.2 Å².